The van der Waals surface area contributed by atoms with Crippen LogP contribution in [0.4, 0.5) is 4.39 Å². The highest BCUT2D eigenvalue weighted by molar-refractivity contribution is 5.09. The van der Waals surface area contributed by atoms with Gasteiger partial charge in [-0.05, 0) is 6.08 Å². The van der Waals surface area contributed by atoms with E-state index in [1.165, 1.54) is 6.08 Å². The summed E-state index contributed by atoms with van der Waals surface area (Å²) in [5, 5.41) is 8.24. The van der Waals surface area contributed by atoms with Crippen LogP contribution in [0.25, 0.3) is 0 Å². The molecule has 0 aliphatic heterocycles. The topological polar surface area (TPSA) is 20.2 Å². The first-order chi connectivity index (χ1) is 2.79. The second-order valence-corrected chi connectivity index (χ2v) is 1.38. The van der Waals surface area contributed by atoms with Gasteiger partial charge in [-0.1, -0.05) is 0 Å². The van der Waals surface area contributed by atoms with Crippen LogP contribution in [-0.2, 0) is 0 Å². The molecule has 2 heteroatoms. The number of hydrogen-bond acceptors (Lipinski definition) is 1. The molecule has 0 spiro atoms. The van der Waals surface area contributed by atoms with Crippen LogP contribution in [0, 0.1) is 0 Å². The summed E-state index contributed by atoms with van der Waals surface area (Å²) in [4.78, 5) is 0. The number of allylic oxidation sites excluding steroid dienone is 2. The Kier molecular flexibility index (Phi) is 0.587. The van der Waals surface area contributed by atoms with Crippen LogP contribution < -0.4 is 0 Å². The van der Waals surface area contributed by atoms with Crippen LogP contribution in [0.3, 0.4) is 0 Å². The van der Waals surface area contributed by atoms with E-state index in [1.54, 1.807) is 0 Å². The standard InChI is InChI=1S/C4H5FO/c5-3-1-4(6)2-3/h1,3,6H,2H2. The molecule has 0 fully saturated rings. The molecule has 34 valence electrons. The Morgan fingerprint density at radius 3 is 2.50 bits per heavy atom. The van der Waals surface area contributed by atoms with Gasteiger partial charge in [0.25, 0.3) is 0 Å². The zero-order chi connectivity index (χ0) is 4.57. The maximum atomic E-state index is 11.5. The summed E-state index contributed by atoms with van der Waals surface area (Å²) < 4.78 is 11.5. The molecule has 0 heterocycles. The lowest BCUT2D eigenvalue weighted by Crippen LogP contribution is -2.08. The minimum atomic E-state index is -0.870. The van der Waals surface area contributed by atoms with E-state index < -0.39 is 6.17 Å². The number of alkyl halides is 1. The summed E-state index contributed by atoms with van der Waals surface area (Å²) in [7, 11) is 0. The fourth-order valence-electron chi connectivity index (χ4n) is 0.375. The van der Waals surface area contributed by atoms with Crippen LogP contribution in [-0.4, -0.2) is 11.3 Å². The fraction of sp³-hybridized carbons (Fsp3) is 0.500. The quantitative estimate of drug-likeness (QED) is 0.471. The van der Waals surface area contributed by atoms with E-state index in [0.717, 1.165) is 0 Å². The van der Waals surface area contributed by atoms with Gasteiger partial charge < -0.3 is 5.11 Å². The smallest absolute Gasteiger partial charge is 0.129 e. The maximum absolute atomic E-state index is 11.5. The monoisotopic (exact) mass is 88.0 g/mol. The highest BCUT2D eigenvalue weighted by Gasteiger charge is 2.15. The maximum Gasteiger partial charge on any atom is 0.129 e. The van der Waals surface area contributed by atoms with Crippen molar-refractivity contribution in [1.82, 2.24) is 0 Å². The number of aliphatic hydroxyl groups is 1. The molecule has 0 saturated heterocycles. The van der Waals surface area contributed by atoms with Crippen molar-refractivity contribution in [2.45, 2.75) is 12.6 Å². The molecule has 1 nitrogen and oxygen atoms in total. The second-order valence-electron chi connectivity index (χ2n) is 1.38. The molecule has 0 radical (unpaired) electrons. The minimum Gasteiger partial charge on any atom is -0.512 e. The van der Waals surface area contributed by atoms with Crippen molar-refractivity contribution < 1.29 is 9.50 Å². The molecule has 1 N–H and O–H groups in total. The lowest BCUT2D eigenvalue weighted by molar-refractivity contribution is 0.268. The van der Waals surface area contributed by atoms with Crippen LogP contribution in [0.2, 0.25) is 0 Å². The van der Waals surface area contributed by atoms with Crippen LogP contribution in [0.15, 0.2) is 11.8 Å². The number of rotatable bonds is 0. The predicted octanol–water partition coefficient (Wildman–Crippen LogP) is 1.17. The van der Waals surface area contributed by atoms with Crippen LogP contribution in [0.5, 0.6) is 0 Å². The second kappa shape index (κ2) is 0.965. The van der Waals surface area contributed by atoms with Crippen molar-refractivity contribution >= 4 is 0 Å². The van der Waals surface area contributed by atoms with Crippen molar-refractivity contribution in [3.63, 3.8) is 0 Å². The average Bonchev–Trinajstić information content (AvgIpc) is 1.33. The molecule has 1 atom stereocenters. The Bertz CT molecular complexity index is 87.5. The van der Waals surface area contributed by atoms with Gasteiger partial charge in [0.1, 0.15) is 6.17 Å². The van der Waals surface area contributed by atoms with Crippen molar-refractivity contribution in [2.24, 2.45) is 0 Å². The molecule has 1 aliphatic rings. The van der Waals surface area contributed by atoms with E-state index in [0.29, 0.717) is 0 Å². The van der Waals surface area contributed by atoms with Gasteiger partial charge in [-0.3, -0.25) is 0 Å². The largest absolute Gasteiger partial charge is 0.512 e. The van der Waals surface area contributed by atoms with Crippen molar-refractivity contribution in [3.8, 4) is 0 Å². The van der Waals surface area contributed by atoms with Crippen molar-refractivity contribution in [3.05, 3.63) is 11.8 Å². The lowest BCUT2D eigenvalue weighted by atomic mass is 10.1. The Hall–Kier alpha value is -0.530. The third-order valence-electron chi connectivity index (χ3n) is 0.777. The third kappa shape index (κ3) is 0.379. The summed E-state index contributed by atoms with van der Waals surface area (Å²) in [6.45, 7) is 0. The number of halogens is 1. The van der Waals surface area contributed by atoms with Gasteiger partial charge in [0.2, 0.25) is 0 Å². The van der Waals surface area contributed by atoms with Gasteiger partial charge in [-0.2, -0.15) is 0 Å². The molecule has 0 aromatic carbocycles. The van der Waals surface area contributed by atoms with Crippen molar-refractivity contribution in [1.29, 1.82) is 0 Å². The molecule has 0 aromatic heterocycles. The normalized spacial score (nSPS) is 31.5. The molecule has 1 rings (SSSR count). The lowest BCUT2D eigenvalue weighted by Gasteiger charge is -2.10. The molecule has 0 aromatic rings. The fourth-order valence-corrected chi connectivity index (χ4v) is 0.375. The van der Waals surface area contributed by atoms with Gasteiger partial charge in [-0.25, -0.2) is 4.39 Å². The molecular formula is C4H5FO. The van der Waals surface area contributed by atoms with Gasteiger partial charge in [0.05, 0.1) is 5.76 Å². The molecule has 0 bridgehead atoms. The first kappa shape index (κ1) is 3.65. The van der Waals surface area contributed by atoms with Crippen LogP contribution >= 0.6 is 0 Å². The highest BCUT2D eigenvalue weighted by atomic mass is 19.1. The molecule has 6 heavy (non-hydrogen) atoms. The van der Waals surface area contributed by atoms with Gasteiger partial charge in [-0.15, -0.1) is 0 Å². The summed E-state index contributed by atoms with van der Waals surface area (Å²) in [6.07, 6.45) is 0.546. The van der Waals surface area contributed by atoms with Gasteiger partial charge in [0.15, 0.2) is 0 Å². The van der Waals surface area contributed by atoms with E-state index in [2.05, 4.69) is 0 Å². The molecule has 0 saturated carbocycles. The zero-order valence-electron chi connectivity index (χ0n) is 3.19. The summed E-state index contributed by atoms with van der Waals surface area (Å²) in [5.74, 6) is 0.183. The first-order valence-electron chi connectivity index (χ1n) is 1.83. The van der Waals surface area contributed by atoms with E-state index >= 15 is 0 Å². The van der Waals surface area contributed by atoms with Gasteiger partial charge >= 0.3 is 0 Å². The third-order valence-corrected chi connectivity index (χ3v) is 0.777. The number of aliphatic hydroxyl groups excluding tert-OH is 1. The predicted molar refractivity (Wildman–Crippen MR) is 20.2 cm³/mol. The van der Waals surface area contributed by atoms with E-state index in [4.69, 9.17) is 5.11 Å². The summed E-state index contributed by atoms with van der Waals surface area (Å²) >= 11 is 0. The Morgan fingerprint density at radius 1 is 2.00 bits per heavy atom. The van der Waals surface area contributed by atoms with E-state index in [9.17, 15) is 4.39 Å². The summed E-state index contributed by atoms with van der Waals surface area (Å²) in [6, 6.07) is 0. The van der Waals surface area contributed by atoms with Gasteiger partial charge in [0, 0.05) is 6.42 Å². The highest BCUT2D eigenvalue weighted by Crippen LogP contribution is 2.17. The molecule has 1 aliphatic carbocycles. The van der Waals surface area contributed by atoms with Crippen LogP contribution in [0.1, 0.15) is 6.42 Å². The van der Waals surface area contributed by atoms with E-state index in [1.807, 2.05) is 0 Å². The molecule has 1 unspecified atom stereocenters. The Balaban J connectivity index is 2.46. The molecule has 0 amide bonds. The van der Waals surface area contributed by atoms with E-state index in [-0.39, 0.29) is 12.2 Å². The number of hydrogen-bond donors (Lipinski definition) is 1. The zero-order valence-corrected chi connectivity index (χ0v) is 3.19. The van der Waals surface area contributed by atoms with Crippen molar-refractivity contribution in [2.75, 3.05) is 0 Å². The summed E-state index contributed by atoms with van der Waals surface area (Å²) in [5.41, 5.74) is 0. The average molecular weight is 88.1 g/mol. The Labute approximate surface area is 35.1 Å². The minimum absolute atomic E-state index is 0.183. The first-order valence-corrected chi connectivity index (χ1v) is 1.83. The molecular weight excluding hydrogens is 83.0 g/mol. The Morgan fingerprint density at radius 2 is 2.50 bits per heavy atom. The SMILES string of the molecule is OC1=CC(F)C1.